The molecule has 0 amide bonds. The maximum absolute atomic E-state index is 9.37. The van der Waals surface area contributed by atoms with E-state index in [-0.39, 0.29) is 36.0 Å². The van der Waals surface area contributed by atoms with Crippen molar-refractivity contribution in [1.29, 1.82) is 0 Å². The molecule has 1 N–H and O–H groups in total. The van der Waals surface area contributed by atoms with Crippen molar-refractivity contribution in [2.75, 3.05) is 14.2 Å². The van der Waals surface area contributed by atoms with Gasteiger partial charge in [0.2, 0.25) is 0 Å². The van der Waals surface area contributed by atoms with E-state index >= 15 is 0 Å². The number of aliphatic carboxylic acids is 1. The van der Waals surface area contributed by atoms with Crippen LogP contribution >= 0.6 is 0 Å². The Morgan fingerprint density at radius 2 is 1.67 bits per heavy atom. The number of carboxylic acids is 1. The van der Waals surface area contributed by atoms with E-state index in [0.29, 0.717) is 0 Å². The molecule has 0 aromatic carbocycles. The summed E-state index contributed by atoms with van der Waals surface area (Å²) in [5, 5.41) is 7.72. The van der Waals surface area contributed by atoms with Crippen molar-refractivity contribution >= 4 is 35.5 Å². The summed E-state index contributed by atoms with van der Waals surface area (Å²) in [7, 11) is 3.25. The topological polar surface area (TPSA) is 46.5 Å². The molecule has 0 bridgehead atoms. The Labute approximate surface area is 77.7 Å². The molecule has 9 heavy (non-hydrogen) atoms. The molecule has 3 nitrogen and oxygen atoms in total. The number of hydrogen-bond acceptors (Lipinski definition) is 2. The van der Waals surface area contributed by atoms with Crippen LogP contribution in [0.1, 0.15) is 13.3 Å². The molecule has 0 unspecified atom stereocenters. The molecule has 0 spiro atoms. The molecule has 0 aliphatic rings. The Hall–Kier alpha value is 0.430. The number of carbonyl (C=O) groups is 1. The predicted molar refractivity (Wildman–Crippen MR) is 38.0 cm³/mol. The number of carboxylic acid groups (broad SMARTS) is 1. The second-order valence-electron chi connectivity index (χ2n) is 1.16. The molecule has 0 atom stereocenters. The normalized spacial score (nSPS) is 6.11. The van der Waals surface area contributed by atoms with E-state index in [1.165, 1.54) is 0 Å². The van der Waals surface area contributed by atoms with E-state index in [1.54, 1.807) is 21.1 Å². The van der Waals surface area contributed by atoms with Crippen LogP contribution in [0.4, 0.5) is 0 Å². The summed E-state index contributed by atoms with van der Waals surface area (Å²) in [5.74, 6) is -0.745. The SMILES string of the molecule is CCC(=O)O.COC.[NaH]. The summed E-state index contributed by atoms with van der Waals surface area (Å²) in [6.45, 7) is 1.60. The molecule has 0 aromatic heterocycles. The van der Waals surface area contributed by atoms with Gasteiger partial charge in [0.15, 0.2) is 0 Å². The van der Waals surface area contributed by atoms with Gasteiger partial charge in [0, 0.05) is 20.6 Å². The van der Waals surface area contributed by atoms with Gasteiger partial charge in [-0.25, -0.2) is 0 Å². The quantitative estimate of drug-likeness (QED) is 0.531. The number of methoxy groups -OCH3 is 1. The summed E-state index contributed by atoms with van der Waals surface area (Å²) in [4.78, 5) is 9.37. The van der Waals surface area contributed by atoms with Crippen LogP contribution in [0.2, 0.25) is 0 Å². The molecule has 0 aromatic rings. The molecule has 0 fully saturated rings. The van der Waals surface area contributed by atoms with Gasteiger partial charge in [0.1, 0.15) is 0 Å². The van der Waals surface area contributed by atoms with Crippen LogP contribution < -0.4 is 0 Å². The van der Waals surface area contributed by atoms with E-state index < -0.39 is 5.97 Å². The fourth-order valence-electron chi connectivity index (χ4n) is 0. The second-order valence-corrected chi connectivity index (χ2v) is 1.16. The zero-order chi connectivity index (χ0) is 6.99. The Kier molecular flexibility index (Phi) is 28.4. The molecule has 52 valence electrons. The van der Waals surface area contributed by atoms with Crippen molar-refractivity contribution in [3.63, 3.8) is 0 Å². The van der Waals surface area contributed by atoms with Crippen molar-refractivity contribution in [1.82, 2.24) is 0 Å². The third-order valence-corrected chi connectivity index (χ3v) is 0.302. The van der Waals surface area contributed by atoms with Gasteiger partial charge >= 0.3 is 35.5 Å². The monoisotopic (exact) mass is 144 g/mol. The number of ether oxygens (including phenoxy) is 1. The van der Waals surface area contributed by atoms with Gasteiger partial charge in [-0.3, -0.25) is 4.79 Å². The molecule has 0 radical (unpaired) electrons. The Morgan fingerprint density at radius 1 is 1.56 bits per heavy atom. The van der Waals surface area contributed by atoms with E-state index in [4.69, 9.17) is 5.11 Å². The van der Waals surface area contributed by atoms with Crippen molar-refractivity contribution in [2.45, 2.75) is 13.3 Å². The Balaban J connectivity index is -0.0000000800. The van der Waals surface area contributed by atoms with Gasteiger partial charge in [-0.15, -0.1) is 0 Å². The van der Waals surface area contributed by atoms with Crippen LogP contribution in [0, 0.1) is 0 Å². The van der Waals surface area contributed by atoms with Gasteiger partial charge in [0.25, 0.3) is 0 Å². The van der Waals surface area contributed by atoms with Gasteiger partial charge in [-0.1, -0.05) is 6.92 Å². The van der Waals surface area contributed by atoms with Gasteiger partial charge in [-0.05, 0) is 0 Å². The van der Waals surface area contributed by atoms with Crippen LogP contribution in [0.25, 0.3) is 0 Å². The third kappa shape index (κ3) is 59.0. The third-order valence-electron chi connectivity index (χ3n) is 0.302. The van der Waals surface area contributed by atoms with Crippen LogP contribution in [-0.4, -0.2) is 54.9 Å². The molecule has 0 rings (SSSR count). The minimum absolute atomic E-state index is 0. The van der Waals surface area contributed by atoms with Crippen LogP contribution in [-0.2, 0) is 9.53 Å². The molecule has 0 aliphatic heterocycles. The summed E-state index contributed by atoms with van der Waals surface area (Å²) in [6.07, 6.45) is 0.222. The fourth-order valence-corrected chi connectivity index (χ4v) is 0. The minimum atomic E-state index is -0.745. The first-order valence-corrected chi connectivity index (χ1v) is 2.30. The summed E-state index contributed by atoms with van der Waals surface area (Å²) >= 11 is 0. The van der Waals surface area contributed by atoms with Crippen molar-refractivity contribution < 1.29 is 14.6 Å². The zero-order valence-corrected chi connectivity index (χ0v) is 5.47. The van der Waals surface area contributed by atoms with Crippen LogP contribution in [0.3, 0.4) is 0 Å². The average molecular weight is 144 g/mol. The fraction of sp³-hybridized carbons (Fsp3) is 0.800. The Bertz CT molecular complexity index is 56.2. The molecule has 0 heterocycles. The van der Waals surface area contributed by atoms with E-state index in [9.17, 15) is 4.79 Å². The number of hydrogen-bond donors (Lipinski definition) is 1. The molecular formula is C5H13NaO3. The first-order valence-electron chi connectivity index (χ1n) is 2.30. The molecule has 4 heteroatoms. The first kappa shape index (κ1) is 16.2. The van der Waals surface area contributed by atoms with Crippen molar-refractivity contribution in [3.05, 3.63) is 0 Å². The van der Waals surface area contributed by atoms with Gasteiger partial charge < -0.3 is 9.84 Å². The Morgan fingerprint density at radius 3 is 1.67 bits per heavy atom. The predicted octanol–water partition coefficient (Wildman–Crippen LogP) is 0.0951. The van der Waals surface area contributed by atoms with Crippen LogP contribution in [0.5, 0.6) is 0 Å². The summed E-state index contributed by atoms with van der Waals surface area (Å²) in [6, 6.07) is 0. The summed E-state index contributed by atoms with van der Waals surface area (Å²) in [5.41, 5.74) is 0. The maximum atomic E-state index is 9.37. The van der Waals surface area contributed by atoms with E-state index in [1.807, 2.05) is 0 Å². The van der Waals surface area contributed by atoms with Crippen LogP contribution in [0.15, 0.2) is 0 Å². The van der Waals surface area contributed by atoms with Gasteiger partial charge in [-0.2, -0.15) is 0 Å². The van der Waals surface area contributed by atoms with E-state index in [2.05, 4.69) is 4.74 Å². The van der Waals surface area contributed by atoms with Crippen molar-refractivity contribution in [2.24, 2.45) is 0 Å². The molecular weight excluding hydrogens is 131 g/mol. The van der Waals surface area contributed by atoms with Gasteiger partial charge in [0.05, 0.1) is 0 Å². The second kappa shape index (κ2) is 15.8. The molecule has 0 saturated heterocycles. The average Bonchev–Trinajstić information content (AvgIpc) is 1.69. The molecule has 0 saturated carbocycles. The standard InChI is InChI=1S/C3H6O2.C2H6O.Na.H/c1-2-3(4)5;1-3-2;;/h2H2,1H3,(H,4,5);1-2H3;;. The first-order chi connectivity index (χ1) is 3.68. The number of rotatable bonds is 1. The van der Waals surface area contributed by atoms with Crippen molar-refractivity contribution in [3.8, 4) is 0 Å². The summed E-state index contributed by atoms with van der Waals surface area (Å²) < 4.78 is 4.25. The van der Waals surface area contributed by atoms with E-state index in [0.717, 1.165) is 0 Å². The zero-order valence-electron chi connectivity index (χ0n) is 5.47. The molecule has 0 aliphatic carbocycles.